The molecule has 0 aliphatic carbocycles. The first-order valence-corrected chi connectivity index (χ1v) is 6.02. The first-order valence-electron chi connectivity index (χ1n) is 2.35. The summed E-state index contributed by atoms with van der Waals surface area (Å²) in [5.41, 5.74) is 0. The van der Waals surface area contributed by atoms with Crippen molar-refractivity contribution in [1.82, 2.24) is 0 Å². The molecule has 0 saturated heterocycles. The van der Waals surface area contributed by atoms with E-state index in [0.29, 0.717) is 0 Å². The fourth-order valence-electron chi connectivity index (χ4n) is 0.149. The maximum absolute atomic E-state index is 10.3. The zero-order valence-electron chi connectivity index (χ0n) is 7.06. The van der Waals surface area contributed by atoms with Crippen molar-refractivity contribution in [3.63, 3.8) is 0 Å². The van der Waals surface area contributed by atoms with Gasteiger partial charge in [-0.1, -0.05) is 17.3 Å². The van der Waals surface area contributed by atoms with Crippen LogP contribution in [0, 0.1) is 0 Å². The van der Waals surface area contributed by atoms with Crippen molar-refractivity contribution in [3.05, 3.63) is 0 Å². The summed E-state index contributed by atoms with van der Waals surface area (Å²) in [6.45, 7) is 0. The van der Waals surface area contributed by atoms with E-state index in [4.69, 9.17) is 5.26 Å². The van der Waals surface area contributed by atoms with Gasteiger partial charge in [-0.3, -0.25) is 0 Å². The molecule has 0 fully saturated rings. The van der Waals surface area contributed by atoms with Crippen LogP contribution >= 0.6 is 0 Å². The Labute approximate surface area is 121 Å². The summed E-state index contributed by atoms with van der Waals surface area (Å²) in [5, 5.41) is 7.55. The van der Waals surface area contributed by atoms with Gasteiger partial charge in [0.05, 0.1) is 0 Å². The van der Waals surface area contributed by atoms with Gasteiger partial charge < -0.3 is 4.55 Å². The molecule has 0 aliphatic rings. The van der Waals surface area contributed by atoms with Crippen LogP contribution in [0.1, 0.15) is 0 Å². The molecule has 17 heteroatoms. The molecule has 0 aliphatic heterocycles. The van der Waals surface area contributed by atoms with Gasteiger partial charge in [0.1, 0.15) is 11.4 Å². The molecule has 0 bridgehead atoms. The van der Waals surface area contributed by atoms with Crippen molar-refractivity contribution in [2.24, 2.45) is 0 Å². The van der Waals surface area contributed by atoms with Crippen LogP contribution in [0.3, 0.4) is 0 Å². The Morgan fingerprint density at radius 3 is 1.71 bits per heavy atom. The third kappa shape index (κ3) is 13.2. The van der Waals surface area contributed by atoms with E-state index >= 15 is 0 Å². The molecule has 1 N–H and O–H groups in total. The average Bonchev–Trinajstić information content (AvgIpc) is 2.13. The van der Waals surface area contributed by atoms with Gasteiger partial charge in [0.2, 0.25) is 0 Å². The molecule has 0 aromatic carbocycles. The van der Waals surface area contributed by atoms with Crippen molar-refractivity contribution >= 4 is 32.2 Å². The molecule has 1 atom stereocenters. The summed E-state index contributed by atoms with van der Waals surface area (Å²) in [7, 11) is -10.4. The van der Waals surface area contributed by atoms with Crippen LogP contribution in [0.4, 0.5) is 0 Å². The standard InChI is InChI=1S/H2O12S3.2V/c1-8-14(4,5)11-12-15(6,7)10-9-13(2)3;;/h1H,(H,2,3);;/p-1. The summed E-state index contributed by atoms with van der Waals surface area (Å²) < 4.78 is 74.7. The molecule has 2 radical (unpaired) electrons. The fourth-order valence-corrected chi connectivity index (χ4v) is 1.19. The van der Waals surface area contributed by atoms with E-state index in [9.17, 15) is 25.6 Å². The molecular weight excluding hydrogens is 390 g/mol. The van der Waals surface area contributed by atoms with Crippen LogP contribution in [0.15, 0.2) is 0 Å². The molecule has 12 nitrogen and oxygen atoms in total. The van der Waals surface area contributed by atoms with Crippen molar-refractivity contribution in [1.29, 1.82) is 0 Å². The van der Waals surface area contributed by atoms with Crippen LogP contribution in [0.25, 0.3) is 0 Å². The molecule has 0 amide bonds. The van der Waals surface area contributed by atoms with Gasteiger partial charge in [0, 0.05) is 37.1 Å². The quantitative estimate of drug-likeness (QED) is 0.278. The van der Waals surface area contributed by atoms with Crippen molar-refractivity contribution in [2.45, 2.75) is 0 Å². The third-order valence-corrected chi connectivity index (χ3v) is 1.69. The Kier molecular flexibility index (Phi) is 13.3. The maximum atomic E-state index is 10.3. The minimum absolute atomic E-state index is 0. The molecular formula is HO12S3V2-. The molecule has 0 aromatic rings. The second kappa shape index (κ2) is 9.82. The van der Waals surface area contributed by atoms with Crippen molar-refractivity contribution in [3.8, 4) is 0 Å². The van der Waals surface area contributed by atoms with Gasteiger partial charge in [-0.2, -0.15) is 16.8 Å². The number of hydrogen-bond donors (Lipinski definition) is 1. The van der Waals surface area contributed by atoms with Crippen LogP contribution in [-0.2, 0) is 90.9 Å². The number of rotatable bonds is 7. The van der Waals surface area contributed by atoms with E-state index in [0.717, 1.165) is 0 Å². The van der Waals surface area contributed by atoms with E-state index in [1.807, 2.05) is 0 Å². The van der Waals surface area contributed by atoms with Gasteiger partial charge in [-0.25, -0.2) is 9.47 Å². The minimum atomic E-state index is -5.23. The SMILES string of the molecule is O=S([O-])OOS(=O)(=O)OOS(=O)(=O)OO.[V].[V]. The molecule has 1 unspecified atom stereocenters. The van der Waals surface area contributed by atoms with Crippen LogP contribution in [0.5, 0.6) is 0 Å². The topological polar surface area (TPSA) is 175 Å². The normalized spacial score (nSPS) is 13.3. The average molecular weight is 391 g/mol. The molecule has 0 saturated carbocycles. The molecule has 0 rings (SSSR count). The summed E-state index contributed by atoms with van der Waals surface area (Å²) in [6, 6.07) is 0. The fraction of sp³-hybridized carbons (Fsp3) is 0. The van der Waals surface area contributed by atoms with Gasteiger partial charge in [0.25, 0.3) is 0 Å². The summed E-state index contributed by atoms with van der Waals surface area (Å²) >= 11 is -3.36. The Morgan fingerprint density at radius 1 is 0.941 bits per heavy atom. The molecule has 0 aromatic heterocycles. The predicted molar refractivity (Wildman–Crippen MR) is 34.8 cm³/mol. The van der Waals surface area contributed by atoms with Crippen LogP contribution in [-0.4, -0.2) is 30.9 Å². The minimum Gasteiger partial charge on any atom is -0.747 e. The molecule has 0 spiro atoms. The molecule has 17 heavy (non-hydrogen) atoms. The van der Waals surface area contributed by atoms with Gasteiger partial charge in [-0.15, -0.1) is 4.33 Å². The van der Waals surface area contributed by atoms with Gasteiger partial charge >= 0.3 is 20.8 Å². The summed E-state index contributed by atoms with van der Waals surface area (Å²) in [6.07, 6.45) is 0. The van der Waals surface area contributed by atoms with E-state index in [2.05, 4.69) is 21.7 Å². The van der Waals surface area contributed by atoms with E-state index < -0.39 is 32.2 Å². The third-order valence-electron chi connectivity index (χ3n) is 0.452. The van der Waals surface area contributed by atoms with Crippen molar-refractivity contribution in [2.75, 3.05) is 0 Å². The Bertz CT molecular complexity index is 403. The monoisotopic (exact) mass is 391 g/mol. The summed E-state index contributed by atoms with van der Waals surface area (Å²) in [4.78, 5) is 0. The van der Waals surface area contributed by atoms with Crippen LogP contribution < -0.4 is 0 Å². The first kappa shape index (κ1) is 23.1. The zero-order chi connectivity index (χ0) is 12.1. The Hall–Kier alpha value is 0.939. The zero-order valence-corrected chi connectivity index (χ0v) is 12.3. The van der Waals surface area contributed by atoms with Gasteiger partial charge in [0.15, 0.2) is 0 Å². The van der Waals surface area contributed by atoms with E-state index in [1.54, 1.807) is 0 Å². The molecule has 102 valence electrons. The maximum Gasteiger partial charge on any atom is 0.455 e. The van der Waals surface area contributed by atoms with Crippen molar-refractivity contribution < 1.29 is 89.6 Å². The predicted octanol–water partition coefficient (Wildman–Crippen LogP) is -2.35. The Balaban J connectivity index is -0.000000980. The first-order chi connectivity index (χ1) is 6.68. The van der Waals surface area contributed by atoms with Gasteiger partial charge in [-0.05, 0) is 0 Å². The smallest absolute Gasteiger partial charge is 0.455 e. The van der Waals surface area contributed by atoms with Crippen LogP contribution in [0.2, 0.25) is 0 Å². The van der Waals surface area contributed by atoms with E-state index in [1.165, 1.54) is 0 Å². The molecule has 0 heterocycles. The summed E-state index contributed by atoms with van der Waals surface area (Å²) in [5.74, 6) is 0. The largest absolute Gasteiger partial charge is 0.747 e. The second-order valence-corrected chi connectivity index (χ2v) is 4.10. The Morgan fingerprint density at radius 2 is 1.35 bits per heavy atom. The number of hydrogen-bond acceptors (Lipinski definition) is 12. The van der Waals surface area contributed by atoms with E-state index in [-0.39, 0.29) is 37.1 Å². The second-order valence-electron chi connectivity index (χ2n) is 1.37.